The molecule has 2 atom stereocenters. The molecule has 0 spiro atoms. The highest BCUT2D eigenvalue weighted by molar-refractivity contribution is 7.80. The van der Waals surface area contributed by atoms with Gasteiger partial charge < -0.3 is 10.2 Å². The van der Waals surface area contributed by atoms with Gasteiger partial charge in [-0.2, -0.15) is 12.6 Å². The fraction of sp³-hybridized carbons (Fsp3) is 0.909. The third kappa shape index (κ3) is 6.05. The summed E-state index contributed by atoms with van der Waals surface area (Å²) in [5.41, 5.74) is 0. The number of hydrogen-bond donors (Lipinski definition) is 2. The standard InChI is InChI=1S/C11H24N2OS/c1-5-10(6-7-15)11(14)12-8-9(2)13(3)4/h9-10,15H,5-8H2,1-4H3,(H,12,14). The van der Waals surface area contributed by atoms with E-state index in [1.165, 1.54) is 0 Å². The van der Waals surface area contributed by atoms with Crippen molar-refractivity contribution in [3.63, 3.8) is 0 Å². The van der Waals surface area contributed by atoms with Crippen molar-refractivity contribution in [2.75, 3.05) is 26.4 Å². The van der Waals surface area contributed by atoms with E-state index in [9.17, 15) is 4.79 Å². The van der Waals surface area contributed by atoms with Crippen LogP contribution in [-0.2, 0) is 4.79 Å². The Labute approximate surface area is 99.0 Å². The largest absolute Gasteiger partial charge is 0.354 e. The number of nitrogens with zero attached hydrogens (tertiary/aromatic N) is 1. The summed E-state index contributed by atoms with van der Waals surface area (Å²) in [4.78, 5) is 13.8. The first-order valence-electron chi connectivity index (χ1n) is 5.57. The highest BCUT2D eigenvalue weighted by atomic mass is 32.1. The number of carbonyl (C=O) groups excluding carboxylic acids is 1. The maximum Gasteiger partial charge on any atom is 0.223 e. The molecule has 0 heterocycles. The average molecular weight is 232 g/mol. The van der Waals surface area contributed by atoms with Gasteiger partial charge in [0.05, 0.1) is 0 Å². The van der Waals surface area contributed by atoms with Gasteiger partial charge in [-0.05, 0) is 39.6 Å². The van der Waals surface area contributed by atoms with Gasteiger partial charge in [0, 0.05) is 18.5 Å². The predicted molar refractivity (Wildman–Crippen MR) is 68.4 cm³/mol. The SMILES string of the molecule is CCC(CCS)C(=O)NCC(C)N(C)C. The summed E-state index contributed by atoms with van der Waals surface area (Å²) in [6.45, 7) is 4.86. The number of hydrogen-bond acceptors (Lipinski definition) is 3. The smallest absolute Gasteiger partial charge is 0.223 e. The van der Waals surface area contributed by atoms with Crippen LogP contribution in [0, 0.1) is 5.92 Å². The lowest BCUT2D eigenvalue weighted by molar-refractivity contribution is -0.125. The minimum Gasteiger partial charge on any atom is -0.354 e. The van der Waals surface area contributed by atoms with Crippen molar-refractivity contribution in [3.8, 4) is 0 Å². The summed E-state index contributed by atoms with van der Waals surface area (Å²) in [6, 6.07) is 0.377. The highest BCUT2D eigenvalue weighted by Gasteiger charge is 2.16. The second kappa shape index (κ2) is 7.99. The van der Waals surface area contributed by atoms with E-state index in [0.29, 0.717) is 6.04 Å². The molecule has 0 rings (SSSR count). The summed E-state index contributed by atoms with van der Waals surface area (Å²) in [6.07, 6.45) is 1.75. The van der Waals surface area contributed by atoms with Crippen LogP contribution in [-0.4, -0.2) is 43.2 Å². The van der Waals surface area contributed by atoms with Crippen LogP contribution >= 0.6 is 12.6 Å². The number of likely N-dealkylation sites (N-methyl/N-ethyl adjacent to an activating group) is 1. The van der Waals surface area contributed by atoms with Gasteiger partial charge in [-0.25, -0.2) is 0 Å². The first-order valence-corrected chi connectivity index (χ1v) is 6.21. The van der Waals surface area contributed by atoms with Crippen molar-refractivity contribution >= 4 is 18.5 Å². The summed E-state index contributed by atoms with van der Waals surface area (Å²) in [7, 11) is 4.03. The third-order valence-corrected chi connectivity index (χ3v) is 3.05. The molecule has 0 aromatic rings. The molecule has 3 nitrogen and oxygen atoms in total. The van der Waals surface area contributed by atoms with Crippen LogP contribution in [0.25, 0.3) is 0 Å². The van der Waals surface area contributed by atoms with Gasteiger partial charge in [0.15, 0.2) is 0 Å². The average Bonchev–Trinajstić information content (AvgIpc) is 2.21. The molecule has 90 valence electrons. The summed E-state index contributed by atoms with van der Waals surface area (Å²) < 4.78 is 0. The molecule has 1 amide bonds. The fourth-order valence-electron chi connectivity index (χ4n) is 1.25. The zero-order chi connectivity index (χ0) is 11.8. The van der Waals surface area contributed by atoms with E-state index in [-0.39, 0.29) is 11.8 Å². The Kier molecular flexibility index (Phi) is 7.88. The number of carbonyl (C=O) groups is 1. The van der Waals surface area contributed by atoms with Crippen LogP contribution in [0.3, 0.4) is 0 Å². The zero-order valence-corrected chi connectivity index (χ0v) is 11.2. The number of thiol groups is 1. The van der Waals surface area contributed by atoms with E-state index >= 15 is 0 Å². The van der Waals surface area contributed by atoms with Gasteiger partial charge >= 0.3 is 0 Å². The molecule has 0 aromatic heterocycles. The lowest BCUT2D eigenvalue weighted by Gasteiger charge is -2.21. The second-order valence-corrected chi connectivity index (χ2v) is 4.62. The third-order valence-electron chi connectivity index (χ3n) is 2.79. The molecule has 0 aliphatic heterocycles. The van der Waals surface area contributed by atoms with Crippen molar-refractivity contribution in [2.45, 2.75) is 32.7 Å². The summed E-state index contributed by atoms with van der Waals surface area (Å²) >= 11 is 4.16. The number of nitrogens with one attached hydrogen (secondary N) is 1. The molecule has 15 heavy (non-hydrogen) atoms. The van der Waals surface area contributed by atoms with Gasteiger partial charge in [0.2, 0.25) is 5.91 Å². The minimum atomic E-state index is 0.122. The van der Waals surface area contributed by atoms with E-state index in [1.807, 2.05) is 21.0 Å². The monoisotopic (exact) mass is 232 g/mol. The first-order chi connectivity index (χ1) is 7.02. The van der Waals surface area contributed by atoms with Crippen molar-refractivity contribution in [3.05, 3.63) is 0 Å². The van der Waals surface area contributed by atoms with Crippen LogP contribution in [0.1, 0.15) is 26.7 Å². The van der Waals surface area contributed by atoms with Crippen molar-refractivity contribution < 1.29 is 4.79 Å². The molecule has 0 saturated heterocycles. The van der Waals surface area contributed by atoms with Gasteiger partial charge in [-0.3, -0.25) is 4.79 Å². The van der Waals surface area contributed by atoms with E-state index in [4.69, 9.17) is 0 Å². The molecule has 0 saturated carbocycles. The van der Waals surface area contributed by atoms with Gasteiger partial charge in [0.1, 0.15) is 0 Å². The van der Waals surface area contributed by atoms with Gasteiger partial charge in [0.25, 0.3) is 0 Å². The van der Waals surface area contributed by atoms with E-state index in [0.717, 1.165) is 25.1 Å². The fourth-order valence-corrected chi connectivity index (χ4v) is 1.56. The van der Waals surface area contributed by atoms with Crippen LogP contribution in [0.4, 0.5) is 0 Å². The Morgan fingerprint density at radius 2 is 2.07 bits per heavy atom. The molecule has 0 aliphatic carbocycles. The zero-order valence-electron chi connectivity index (χ0n) is 10.3. The summed E-state index contributed by atoms with van der Waals surface area (Å²) in [5.74, 6) is 1.06. The molecule has 0 fully saturated rings. The second-order valence-electron chi connectivity index (χ2n) is 4.18. The summed E-state index contributed by atoms with van der Waals surface area (Å²) in [5, 5.41) is 2.99. The molecule has 1 N–H and O–H groups in total. The quantitative estimate of drug-likeness (QED) is 0.650. The lowest BCUT2D eigenvalue weighted by atomic mass is 10.0. The molecular weight excluding hydrogens is 208 g/mol. The van der Waals surface area contributed by atoms with Crippen LogP contribution in [0.15, 0.2) is 0 Å². The normalized spacial score (nSPS) is 15.1. The van der Waals surface area contributed by atoms with E-state index < -0.39 is 0 Å². The Bertz CT molecular complexity index is 185. The highest BCUT2D eigenvalue weighted by Crippen LogP contribution is 2.09. The van der Waals surface area contributed by atoms with Gasteiger partial charge in [-0.1, -0.05) is 6.92 Å². The molecule has 4 heteroatoms. The van der Waals surface area contributed by atoms with Crippen molar-refractivity contribution in [1.29, 1.82) is 0 Å². The Morgan fingerprint density at radius 3 is 2.47 bits per heavy atom. The molecule has 0 bridgehead atoms. The van der Waals surface area contributed by atoms with E-state index in [2.05, 4.69) is 29.8 Å². The Morgan fingerprint density at radius 1 is 1.47 bits per heavy atom. The van der Waals surface area contributed by atoms with Crippen LogP contribution in [0.2, 0.25) is 0 Å². The lowest BCUT2D eigenvalue weighted by Crippen LogP contribution is -2.40. The van der Waals surface area contributed by atoms with Crippen molar-refractivity contribution in [1.82, 2.24) is 10.2 Å². The topological polar surface area (TPSA) is 32.3 Å². The first kappa shape index (κ1) is 14.8. The maximum atomic E-state index is 11.7. The van der Waals surface area contributed by atoms with E-state index in [1.54, 1.807) is 0 Å². The minimum absolute atomic E-state index is 0.122. The Balaban J connectivity index is 3.90. The van der Waals surface area contributed by atoms with Crippen LogP contribution < -0.4 is 5.32 Å². The maximum absolute atomic E-state index is 11.7. The predicted octanol–water partition coefficient (Wildman–Crippen LogP) is 1.40. The number of amides is 1. The molecule has 0 aliphatic rings. The van der Waals surface area contributed by atoms with Crippen molar-refractivity contribution in [2.24, 2.45) is 5.92 Å². The molecule has 0 radical (unpaired) electrons. The Hall–Kier alpha value is -0.220. The molecule has 0 aromatic carbocycles. The van der Waals surface area contributed by atoms with Gasteiger partial charge in [-0.15, -0.1) is 0 Å². The molecule has 2 unspecified atom stereocenters. The van der Waals surface area contributed by atoms with Crippen LogP contribution in [0.5, 0.6) is 0 Å². The number of rotatable bonds is 7. The molecular formula is C11H24N2OS.